The largest absolute Gasteiger partial charge is 0.376 e. The lowest BCUT2D eigenvalue weighted by molar-refractivity contribution is -0.384. The summed E-state index contributed by atoms with van der Waals surface area (Å²) in [7, 11) is 0. The number of fused-ring (bicyclic) bond motifs is 3. The number of rotatable bonds is 2. The highest BCUT2D eigenvalue weighted by Gasteiger charge is 2.39. The van der Waals surface area contributed by atoms with Crippen LogP contribution in [-0.4, -0.2) is 4.92 Å². The summed E-state index contributed by atoms with van der Waals surface area (Å²) >= 11 is 6.34. The first-order valence-corrected chi connectivity index (χ1v) is 7.99. The van der Waals surface area contributed by atoms with Gasteiger partial charge in [-0.15, -0.1) is 0 Å². The molecule has 0 unspecified atom stereocenters. The highest BCUT2D eigenvalue weighted by Crippen LogP contribution is 2.52. The van der Waals surface area contributed by atoms with E-state index in [1.54, 1.807) is 6.07 Å². The fourth-order valence-corrected chi connectivity index (χ4v) is 4.01. The zero-order chi connectivity index (χ0) is 16.0. The average Bonchev–Trinajstić information content (AvgIpc) is 3.04. The Morgan fingerprint density at radius 3 is 2.74 bits per heavy atom. The zero-order valence-corrected chi connectivity index (χ0v) is 13.0. The first kappa shape index (κ1) is 14.3. The number of anilines is 1. The lowest BCUT2D eigenvalue weighted by Gasteiger charge is -2.37. The van der Waals surface area contributed by atoms with Crippen molar-refractivity contribution in [1.82, 2.24) is 0 Å². The molecule has 0 spiro atoms. The van der Waals surface area contributed by atoms with Gasteiger partial charge < -0.3 is 5.32 Å². The van der Waals surface area contributed by atoms with Crippen molar-refractivity contribution in [3.05, 3.63) is 80.9 Å². The van der Waals surface area contributed by atoms with E-state index in [0.29, 0.717) is 10.9 Å². The van der Waals surface area contributed by atoms with Crippen LogP contribution in [-0.2, 0) is 0 Å². The number of halogens is 1. The maximum absolute atomic E-state index is 11.1. The van der Waals surface area contributed by atoms with E-state index in [1.165, 1.54) is 11.6 Å². The molecular formula is C18H15ClN2O2. The van der Waals surface area contributed by atoms with Crippen LogP contribution in [0.1, 0.15) is 29.5 Å². The molecule has 2 aromatic carbocycles. The van der Waals surface area contributed by atoms with Crippen LogP contribution < -0.4 is 5.32 Å². The Kier molecular flexibility index (Phi) is 3.34. The van der Waals surface area contributed by atoms with E-state index in [-0.39, 0.29) is 22.6 Å². The fourth-order valence-electron chi connectivity index (χ4n) is 3.74. The molecule has 5 heteroatoms. The molecule has 0 saturated heterocycles. The van der Waals surface area contributed by atoms with Crippen molar-refractivity contribution in [2.75, 3.05) is 5.32 Å². The van der Waals surface area contributed by atoms with E-state index in [0.717, 1.165) is 17.7 Å². The van der Waals surface area contributed by atoms with E-state index in [4.69, 9.17) is 11.6 Å². The van der Waals surface area contributed by atoms with Crippen molar-refractivity contribution in [3.8, 4) is 0 Å². The van der Waals surface area contributed by atoms with Crippen molar-refractivity contribution >= 4 is 23.0 Å². The number of hydrogen-bond donors (Lipinski definition) is 1. The molecule has 0 saturated carbocycles. The zero-order valence-electron chi connectivity index (χ0n) is 12.3. The number of benzene rings is 2. The maximum atomic E-state index is 11.1. The molecule has 0 aromatic heterocycles. The summed E-state index contributed by atoms with van der Waals surface area (Å²) in [6.07, 6.45) is 5.27. The van der Waals surface area contributed by atoms with Crippen LogP contribution in [0.5, 0.6) is 0 Å². The molecular weight excluding hydrogens is 312 g/mol. The van der Waals surface area contributed by atoms with Crippen LogP contribution in [0.25, 0.3) is 0 Å². The predicted molar refractivity (Wildman–Crippen MR) is 90.9 cm³/mol. The molecule has 0 bridgehead atoms. The minimum Gasteiger partial charge on any atom is -0.376 e. The van der Waals surface area contributed by atoms with Crippen molar-refractivity contribution in [1.29, 1.82) is 0 Å². The van der Waals surface area contributed by atoms with Gasteiger partial charge in [-0.2, -0.15) is 0 Å². The lowest BCUT2D eigenvalue weighted by Crippen LogP contribution is -2.29. The van der Waals surface area contributed by atoms with Gasteiger partial charge in [0.25, 0.3) is 5.69 Å². The normalized spacial score (nSPS) is 24.7. The van der Waals surface area contributed by atoms with Crippen LogP contribution in [0.4, 0.5) is 11.4 Å². The number of nitro benzene ring substituents is 1. The highest BCUT2D eigenvalue weighted by atomic mass is 35.5. The van der Waals surface area contributed by atoms with Crippen LogP contribution in [0, 0.1) is 16.0 Å². The number of allylic oxidation sites excluding steroid dienone is 2. The second-order valence-electron chi connectivity index (χ2n) is 6.04. The molecule has 0 amide bonds. The number of nitrogens with zero attached hydrogens (tertiary/aromatic N) is 1. The van der Waals surface area contributed by atoms with Crippen molar-refractivity contribution < 1.29 is 4.92 Å². The van der Waals surface area contributed by atoms with Gasteiger partial charge in [0, 0.05) is 18.1 Å². The van der Waals surface area contributed by atoms with E-state index in [9.17, 15) is 10.1 Å². The van der Waals surface area contributed by atoms with E-state index < -0.39 is 0 Å². The minimum atomic E-state index is -0.386. The molecule has 2 aliphatic rings. The van der Waals surface area contributed by atoms with Gasteiger partial charge in [-0.25, -0.2) is 0 Å². The van der Waals surface area contributed by atoms with Crippen LogP contribution in [0.15, 0.2) is 54.6 Å². The van der Waals surface area contributed by atoms with Gasteiger partial charge in [-0.3, -0.25) is 10.1 Å². The Bertz CT molecular complexity index is 804. The Balaban J connectivity index is 1.84. The molecule has 3 atom stereocenters. The van der Waals surface area contributed by atoms with Gasteiger partial charge >= 0.3 is 0 Å². The molecule has 0 radical (unpaired) electrons. The summed E-state index contributed by atoms with van der Waals surface area (Å²) in [5.41, 5.74) is 3.01. The first-order valence-electron chi connectivity index (χ1n) is 7.61. The summed E-state index contributed by atoms with van der Waals surface area (Å²) < 4.78 is 0. The SMILES string of the molecule is O=[N+]([O-])c1cc(Cl)c2c(c1)[C@@H]1C=CC[C@@H]1[C@H](c1ccccc1)N2. The third-order valence-electron chi connectivity index (χ3n) is 4.78. The van der Waals surface area contributed by atoms with E-state index in [2.05, 4.69) is 29.6 Å². The summed E-state index contributed by atoms with van der Waals surface area (Å²) in [5.74, 6) is 0.511. The van der Waals surface area contributed by atoms with Crippen molar-refractivity contribution in [2.24, 2.45) is 5.92 Å². The molecule has 0 fully saturated rings. The minimum absolute atomic E-state index is 0.0489. The first-order chi connectivity index (χ1) is 11.1. The number of nitro groups is 1. The van der Waals surface area contributed by atoms with Gasteiger partial charge in [0.2, 0.25) is 0 Å². The van der Waals surface area contributed by atoms with Crippen LogP contribution in [0.3, 0.4) is 0 Å². The number of non-ortho nitro benzene ring substituents is 1. The van der Waals surface area contributed by atoms with Gasteiger partial charge in [0.05, 0.1) is 21.7 Å². The average molecular weight is 327 g/mol. The Morgan fingerprint density at radius 2 is 2.00 bits per heavy atom. The van der Waals surface area contributed by atoms with E-state index in [1.807, 2.05) is 18.2 Å². The predicted octanol–water partition coefficient (Wildman–Crippen LogP) is 5.07. The molecule has 116 valence electrons. The van der Waals surface area contributed by atoms with Crippen LogP contribution >= 0.6 is 11.6 Å². The lowest BCUT2D eigenvalue weighted by atomic mass is 9.77. The summed E-state index contributed by atoms with van der Waals surface area (Å²) in [5, 5.41) is 15.1. The Labute approximate surface area is 138 Å². The molecule has 23 heavy (non-hydrogen) atoms. The Morgan fingerprint density at radius 1 is 1.22 bits per heavy atom. The third-order valence-corrected chi connectivity index (χ3v) is 5.07. The van der Waals surface area contributed by atoms with E-state index >= 15 is 0 Å². The Hall–Kier alpha value is -2.33. The second-order valence-corrected chi connectivity index (χ2v) is 6.44. The van der Waals surface area contributed by atoms with Crippen molar-refractivity contribution in [3.63, 3.8) is 0 Å². The van der Waals surface area contributed by atoms with Gasteiger partial charge in [-0.1, -0.05) is 54.1 Å². The second kappa shape index (κ2) is 5.39. The standard InChI is InChI=1S/C18H15ClN2O2/c19-16-10-12(21(22)23)9-15-13-7-4-8-14(13)17(20-18(15)16)11-5-2-1-3-6-11/h1-7,9-10,13-14,17,20H,8H2/t13-,14+,17+/m1/s1. The van der Waals surface area contributed by atoms with Gasteiger partial charge in [0.15, 0.2) is 0 Å². The van der Waals surface area contributed by atoms with Gasteiger partial charge in [0.1, 0.15) is 0 Å². The molecule has 4 nitrogen and oxygen atoms in total. The number of nitrogens with one attached hydrogen (secondary N) is 1. The van der Waals surface area contributed by atoms with Crippen molar-refractivity contribution in [2.45, 2.75) is 18.4 Å². The quantitative estimate of drug-likeness (QED) is 0.476. The van der Waals surface area contributed by atoms with Crippen LogP contribution in [0.2, 0.25) is 5.02 Å². The highest BCUT2D eigenvalue weighted by molar-refractivity contribution is 6.33. The molecule has 1 aliphatic carbocycles. The summed E-state index contributed by atoms with van der Waals surface area (Å²) in [4.78, 5) is 10.7. The molecule has 1 N–H and O–H groups in total. The number of hydrogen-bond acceptors (Lipinski definition) is 3. The third kappa shape index (κ3) is 2.30. The monoisotopic (exact) mass is 326 g/mol. The summed E-state index contributed by atoms with van der Waals surface area (Å²) in [6, 6.07) is 13.5. The fraction of sp³-hybridized carbons (Fsp3) is 0.222. The smallest absolute Gasteiger partial charge is 0.271 e. The topological polar surface area (TPSA) is 55.2 Å². The summed E-state index contributed by atoms with van der Waals surface area (Å²) in [6.45, 7) is 0. The molecule has 1 aliphatic heterocycles. The molecule has 4 rings (SSSR count). The maximum Gasteiger partial charge on any atom is 0.271 e. The molecule has 2 aromatic rings. The van der Waals surface area contributed by atoms with Gasteiger partial charge in [-0.05, 0) is 23.5 Å². The molecule has 1 heterocycles.